The van der Waals surface area contributed by atoms with Gasteiger partial charge in [0.05, 0.1) is 11.0 Å². The van der Waals surface area contributed by atoms with Crippen LogP contribution in [0.1, 0.15) is 0 Å². The summed E-state index contributed by atoms with van der Waals surface area (Å²) in [7, 11) is 0. The first-order valence-electron chi connectivity index (χ1n) is 13.5. The Hall–Kier alpha value is -5.14. The molecule has 1 nitrogen and oxygen atoms in total. The van der Waals surface area contributed by atoms with E-state index in [9.17, 15) is 0 Å². The quantitative estimate of drug-likeness (QED) is 0.226. The summed E-state index contributed by atoms with van der Waals surface area (Å²) < 4.78 is 2.42. The molecule has 0 fully saturated rings. The van der Waals surface area contributed by atoms with Gasteiger partial charge in [-0.25, -0.2) is 0 Å². The molecule has 0 radical (unpaired) electrons. The summed E-state index contributed by atoms with van der Waals surface area (Å²) in [6.07, 6.45) is 0. The molecule has 0 bridgehead atoms. The van der Waals surface area contributed by atoms with Crippen LogP contribution in [-0.2, 0) is 0 Å². The highest BCUT2D eigenvalue weighted by atomic mass is 15.0. The van der Waals surface area contributed by atoms with E-state index in [1.165, 1.54) is 82.4 Å². The minimum Gasteiger partial charge on any atom is -0.309 e. The average Bonchev–Trinajstić information content (AvgIpc) is 3.52. The molecule has 8 aromatic rings. The minimum atomic E-state index is 1.18. The molecule has 0 spiro atoms. The first-order chi connectivity index (χ1) is 19.3. The molecule has 7 aromatic carbocycles. The molecule has 1 heterocycles. The SMILES string of the molecule is c1cc(-c2cc3c4c(cccc4c2)-c2ccccc2-3)cc(-n2c3ccccc3c3c4ccccc4ccc32)c1. The van der Waals surface area contributed by atoms with Crippen molar-refractivity contribution in [1.82, 2.24) is 4.57 Å². The van der Waals surface area contributed by atoms with Gasteiger partial charge in [0.15, 0.2) is 0 Å². The summed E-state index contributed by atoms with van der Waals surface area (Å²) in [5.74, 6) is 0. The molecular weight excluding hydrogens is 470 g/mol. The fourth-order valence-electron chi connectivity index (χ4n) is 6.83. The second-order valence-corrected chi connectivity index (χ2v) is 10.6. The third kappa shape index (κ3) is 2.85. The summed E-state index contributed by atoms with van der Waals surface area (Å²) >= 11 is 0. The Balaban J connectivity index is 1.30. The van der Waals surface area contributed by atoms with Crippen molar-refractivity contribution in [2.24, 2.45) is 0 Å². The molecule has 0 N–H and O–H groups in total. The molecule has 1 aliphatic rings. The third-order valence-corrected chi connectivity index (χ3v) is 8.48. The van der Waals surface area contributed by atoms with Gasteiger partial charge in [-0.1, -0.05) is 103 Å². The molecule has 0 atom stereocenters. The van der Waals surface area contributed by atoms with E-state index < -0.39 is 0 Å². The van der Waals surface area contributed by atoms with Crippen LogP contribution >= 0.6 is 0 Å². The average molecular weight is 494 g/mol. The third-order valence-electron chi connectivity index (χ3n) is 8.48. The lowest BCUT2D eigenvalue weighted by Crippen LogP contribution is -1.94. The second kappa shape index (κ2) is 7.69. The Labute approximate surface area is 226 Å². The van der Waals surface area contributed by atoms with Crippen molar-refractivity contribution in [3.05, 3.63) is 140 Å². The molecule has 0 unspecified atom stereocenters. The van der Waals surface area contributed by atoms with Crippen molar-refractivity contribution in [1.29, 1.82) is 0 Å². The van der Waals surface area contributed by atoms with E-state index in [2.05, 4.69) is 144 Å². The number of aromatic nitrogens is 1. The van der Waals surface area contributed by atoms with E-state index in [0.717, 1.165) is 0 Å². The van der Waals surface area contributed by atoms with Crippen LogP contribution in [0.4, 0.5) is 0 Å². The predicted octanol–water partition coefficient (Wildman–Crippen LogP) is 10.4. The van der Waals surface area contributed by atoms with Crippen molar-refractivity contribution in [3.8, 4) is 39.1 Å². The van der Waals surface area contributed by atoms with Gasteiger partial charge in [0.1, 0.15) is 0 Å². The Morgan fingerprint density at radius 3 is 2.00 bits per heavy atom. The standard InChI is InChI=1S/C38H23N/c1-2-13-29-24(9-1)19-20-36-38(29)33-16-5-6-18-35(33)39(36)28-12-7-10-25(22-28)27-21-26-11-8-17-32-30-14-3-4-15-31(30)34(23-27)37(26)32/h1-23H. The van der Waals surface area contributed by atoms with E-state index >= 15 is 0 Å². The van der Waals surface area contributed by atoms with Crippen LogP contribution in [-0.4, -0.2) is 4.57 Å². The minimum absolute atomic E-state index is 1.18. The zero-order chi connectivity index (χ0) is 25.5. The monoisotopic (exact) mass is 493 g/mol. The number of hydrogen-bond donors (Lipinski definition) is 0. The van der Waals surface area contributed by atoms with Crippen molar-refractivity contribution in [3.63, 3.8) is 0 Å². The van der Waals surface area contributed by atoms with Gasteiger partial charge in [0, 0.05) is 16.5 Å². The zero-order valence-corrected chi connectivity index (χ0v) is 21.2. The molecule has 180 valence electrons. The molecule has 0 saturated carbocycles. The highest BCUT2D eigenvalue weighted by Gasteiger charge is 2.22. The molecule has 0 saturated heterocycles. The van der Waals surface area contributed by atoms with Crippen molar-refractivity contribution in [2.45, 2.75) is 0 Å². The van der Waals surface area contributed by atoms with Gasteiger partial charge in [-0.05, 0) is 91.3 Å². The van der Waals surface area contributed by atoms with Crippen LogP contribution in [0.5, 0.6) is 0 Å². The summed E-state index contributed by atoms with van der Waals surface area (Å²) in [6, 6.07) is 51.3. The van der Waals surface area contributed by atoms with Crippen LogP contribution in [0.25, 0.3) is 82.4 Å². The first kappa shape index (κ1) is 20.9. The predicted molar refractivity (Wildman–Crippen MR) is 166 cm³/mol. The van der Waals surface area contributed by atoms with Gasteiger partial charge in [0.25, 0.3) is 0 Å². The molecule has 39 heavy (non-hydrogen) atoms. The van der Waals surface area contributed by atoms with Crippen LogP contribution in [0.3, 0.4) is 0 Å². The maximum absolute atomic E-state index is 2.42. The van der Waals surface area contributed by atoms with E-state index in [4.69, 9.17) is 0 Å². The van der Waals surface area contributed by atoms with Crippen LogP contribution in [0.15, 0.2) is 140 Å². The molecule has 1 aromatic heterocycles. The molecule has 0 aliphatic heterocycles. The number of fused-ring (bicyclic) bond motifs is 8. The Morgan fingerprint density at radius 2 is 1.08 bits per heavy atom. The number of rotatable bonds is 2. The fraction of sp³-hybridized carbons (Fsp3) is 0. The van der Waals surface area contributed by atoms with Gasteiger partial charge in [-0.2, -0.15) is 0 Å². The van der Waals surface area contributed by atoms with E-state index in [-0.39, 0.29) is 0 Å². The smallest absolute Gasteiger partial charge is 0.0547 e. The van der Waals surface area contributed by atoms with Gasteiger partial charge < -0.3 is 4.57 Å². The number of para-hydroxylation sites is 1. The van der Waals surface area contributed by atoms with Gasteiger partial charge in [0.2, 0.25) is 0 Å². The van der Waals surface area contributed by atoms with E-state index in [1.807, 2.05) is 0 Å². The molecule has 1 heteroatoms. The fourth-order valence-corrected chi connectivity index (χ4v) is 6.83. The highest BCUT2D eigenvalue weighted by molar-refractivity contribution is 6.21. The van der Waals surface area contributed by atoms with Crippen LogP contribution < -0.4 is 0 Å². The Kier molecular flexibility index (Phi) is 4.11. The number of benzene rings is 7. The topological polar surface area (TPSA) is 4.93 Å². The van der Waals surface area contributed by atoms with E-state index in [0.29, 0.717) is 0 Å². The largest absolute Gasteiger partial charge is 0.309 e. The highest BCUT2D eigenvalue weighted by Crippen LogP contribution is 2.48. The van der Waals surface area contributed by atoms with Gasteiger partial charge >= 0.3 is 0 Å². The molecule has 0 amide bonds. The van der Waals surface area contributed by atoms with Crippen molar-refractivity contribution in [2.75, 3.05) is 0 Å². The Morgan fingerprint density at radius 1 is 0.359 bits per heavy atom. The molecule has 9 rings (SSSR count). The van der Waals surface area contributed by atoms with Crippen molar-refractivity contribution >= 4 is 43.4 Å². The summed E-state index contributed by atoms with van der Waals surface area (Å²) in [4.78, 5) is 0. The lowest BCUT2D eigenvalue weighted by atomic mass is 9.96. The van der Waals surface area contributed by atoms with Gasteiger partial charge in [-0.15, -0.1) is 0 Å². The lowest BCUT2D eigenvalue weighted by Gasteiger charge is -2.12. The summed E-state index contributed by atoms with van der Waals surface area (Å²) in [5, 5.41) is 7.84. The normalized spacial score (nSPS) is 12.1. The zero-order valence-electron chi connectivity index (χ0n) is 21.2. The number of hydrogen-bond acceptors (Lipinski definition) is 0. The molecular formula is C38H23N. The van der Waals surface area contributed by atoms with Crippen molar-refractivity contribution < 1.29 is 0 Å². The summed E-state index contributed by atoms with van der Waals surface area (Å²) in [5.41, 5.74) is 11.5. The van der Waals surface area contributed by atoms with E-state index in [1.54, 1.807) is 0 Å². The summed E-state index contributed by atoms with van der Waals surface area (Å²) in [6.45, 7) is 0. The first-order valence-corrected chi connectivity index (χ1v) is 13.5. The van der Waals surface area contributed by atoms with Gasteiger partial charge in [-0.3, -0.25) is 0 Å². The Bertz CT molecular complexity index is 2280. The van der Waals surface area contributed by atoms with Crippen LogP contribution in [0, 0.1) is 0 Å². The number of nitrogens with zero attached hydrogens (tertiary/aromatic N) is 1. The van der Waals surface area contributed by atoms with Crippen LogP contribution in [0.2, 0.25) is 0 Å². The second-order valence-electron chi connectivity index (χ2n) is 10.6. The lowest BCUT2D eigenvalue weighted by molar-refractivity contribution is 1.18. The maximum atomic E-state index is 2.42. The maximum Gasteiger partial charge on any atom is 0.0547 e. The molecule has 1 aliphatic carbocycles.